The molecule has 0 radical (unpaired) electrons. The number of fused-ring (bicyclic) bond motifs is 3. The number of hydrogen-bond acceptors (Lipinski definition) is 8. The molecule has 0 spiro atoms. The Morgan fingerprint density at radius 1 is 1.05 bits per heavy atom. The van der Waals surface area contributed by atoms with Crippen LogP contribution in [0, 0.1) is 5.92 Å². The van der Waals surface area contributed by atoms with Gasteiger partial charge in [0.2, 0.25) is 0 Å². The monoisotopic (exact) mass is 597 g/mol. The Balaban J connectivity index is 0.983. The van der Waals surface area contributed by atoms with Gasteiger partial charge in [-0.3, -0.25) is 0 Å². The van der Waals surface area contributed by atoms with Gasteiger partial charge in [0, 0.05) is 30.8 Å². The van der Waals surface area contributed by atoms with Crippen molar-refractivity contribution >= 4 is 49.9 Å². The summed E-state index contributed by atoms with van der Waals surface area (Å²) >= 11 is 14.8. The minimum absolute atomic E-state index is 0.109. The van der Waals surface area contributed by atoms with Crippen LogP contribution < -0.4 is 9.64 Å². The van der Waals surface area contributed by atoms with Crippen LogP contribution in [0.4, 0.5) is 5.13 Å². The maximum absolute atomic E-state index is 6.62. The van der Waals surface area contributed by atoms with Crippen LogP contribution in [0.3, 0.4) is 0 Å². The molecule has 8 rings (SSSR count). The van der Waals surface area contributed by atoms with Crippen molar-refractivity contribution in [1.29, 1.82) is 0 Å². The molecule has 208 valence electrons. The van der Waals surface area contributed by atoms with E-state index in [-0.39, 0.29) is 12.2 Å². The molecule has 2 aliphatic carbocycles. The van der Waals surface area contributed by atoms with Crippen LogP contribution in [-0.4, -0.2) is 58.0 Å². The first-order valence-corrected chi connectivity index (χ1v) is 15.6. The molecule has 0 amide bonds. The van der Waals surface area contributed by atoms with Gasteiger partial charge in [-0.05, 0) is 49.9 Å². The second kappa shape index (κ2) is 10.1. The second-order valence-electron chi connectivity index (χ2n) is 11.3. The van der Waals surface area contributed by atoms with E-state index in [0.29, 0.717) is 46.8 Å². The zero-order valence-electron chi connectivity index (χ0n) is 21.8. The number of aromatic nitrogens is 4. The predicted octanol–water partition coefficient (Wildman–Crippen LogP) is 6.41. The molecule has 2 aromatic carbocycles. The summed E-state index contributed by atoms with van der Waals surface area (Å²) in [5.74, 6) is 1.76. The van der Waals surface area contributed by atoms with Gasteiger partial charge in [0.1, 0.15) is 23.1 Å². The molecule has 2 saturated heterocycles. The molecule has 4 atom stereocenters. The summed E-state index contributed by atoms with van der Waals surface area (Å²) in [5.41, 5.74) is 3.60. The van der Waals surface area contributed by atoms with Crippen molar-refractivity contribution in [2.45, 2.75) is 62.9 Å². The number of anilines is 1. The zero-order chi connectivity index (χ0) is 26.8. The highest BCUT2D eigenvalue weighted by atomic mass is 35.5. The Labute approximate surface area is 246 Å². The number of halogens is 2. The van der Waals surface area contributed by atoms with Crippen LogP contribution in [-0.2, 0) is 16.1 Å². The van der Waals surface area contributed by atoms with Gasteiger partial charge in [-0.15, -0.1) is 5.10 Å². The molecule has 4 aromatic rings. The number of thiazole rings is 1. The number of para-hydroxylation sites is 2. The van der Waals surface area contributed by atoms with Crippen LogP contribution in [0.1, 0.15) is 49.4 Å². The van der Waals surface area contributed by atoms with E-state index in [4.69, 9.17) is 42.4 Å². The van der Waals surface area contributed by atoms with Gasteiger partial charge >= 0.3 is 0 Å². The van der Waals surface area contributed by atoms with E-state index >= 15 is 0 Å². The molecule has 4 fully saturated rings. The normalized spacial score (nSPS) is 25.9. The Hall–Kier alpha value is -2.43. The molecule has 11 heteroatoms. The van der Waals surface area contributed by atoms with Gasteiger partial charge in [-0.2, -0.15) is 0 Å². The number of rotatable bonds is 8. The SMILES string of the molecule is Clc1cccc(Cl)c1-n1nnc(C2CC2)c1CO[C@@H]1C[C@@H]2C[C@H]1CN2c1nc2c(O[C@@H]3CCOC3)cccc2s1. The smallest absolute Gasteiger partial charge is 0.186 e. The topological polar surface area (TPSA) is 74.5 Å². The quantitative estimate of drug-likeness (QED) is 0.232. The van der Waals surface area contributed by atoms with Gasteiger partial charge in [0.15, 0.2) is 5.13 Å². The molecule has 2 aliphatic heterocycles. The third-order valence-electron chi connectivity index (χ3n) is 8.62. The molecule has 0 unspecified atom stereocenters. The van der Waals surface area contributed by atoms with E-state index in [0.717, 1.165) is 77.7 Å². The second-order valence-corrected chi connectivity index (χ2v) is 13.1. The summed E-state index contributed by atoms with van der Waals surface area (Å²) in [5, 5.41) is 11.2. The van der Waals surface area contributed by atoms with Crippen LogP contribution >= 0.6 is 34.5 Å². The first-order chi connectivity index (χ1) is 19.6. The molecule has 0 N–H and O–H groups in total. The third kappa shape index (κ3) is 4.47. The van der Waals surface area contributed by atoms with Crippen molar-refractivity contribution in [3.8, 4) is 11.4 Å². The van der Waals surface area contributed by atoms with Gasteiger partial charge in [0.25, 0.3) is 0 Å². The van der Waals surface area contributed by atoms with Gasteiger partial charge in [0.05, 0.1) is 52.1 Å². The van der Waals surface area contributed by atoms with Crippen molar-refractivity contribution in [3.63, 3.8) is 0 Å². The van der Waals surface area contributed by atoms with Crippen molar-refractivity contribution in [3.05, 3.63) is 57.8 Å². The molecule has 4 heterocycles. The summed E-state index contributed by atoms with van der Waals surface area (Å²) in [6, 6.07) is 12.1. The lowest BCUT2D eigenvalue weighted by atomic mass is 10.1. The maximum Gasteiger partial charge on any atom is 0.186 e. The fourth-order valence-electron chi connectivity index (χ4n) is 6.44. The van der Waals surface area contributed by atoms with Gasteiger partial charge in [-0.25, -0.2) is 9.67 Å². The Morgan fingerprint density at radius 2 is 1.90 bits per heavy atom. The highest BCUT2D eigenvalue weighted by molar-refractivity contribution is 7.22. The highest BCUT2D eigenvalue weighted by Gasteiger charge is 2.46. The number of nitrogens with zero attached hydrogens (tertiary/aromatic N) is 5. The first kappa shape index (κ1) is 25.3. The predicted molar refractivity (Wildman–Crippen MR) is 155 cm³/mol. The van der Waals surface area contributed by atoms with E-state index in [1.54, 1.807) is 16.0 Å². The van der Waals surface area contributed by atoms with Crippen LogP contribution in [0.25, 0.3) is 15.9 Å². The van der Waals surface area contributed by atoms with E-state index < -0.39 is 0 Å². The summed E-state index contributed by atoms with van der Waals surface area (Å²) < 4.78 is 21.3. The number of benzene rings is 2. The van der Waals surface area contributed by atoms with Crippen molar-refractivity contribution in [2.24, 2.45) is 5.92 Å². The number of hydrogen-bond donors (Lipinski definition) is 0. The lowest BCUT2D eigenvalue weighted by molar-refractivity contribution is 0.00991. The van der Waals surface area contributed by atoms with E-state index in [2.05, 4.69) is 27.3 Å². The lowest BCUT2D eigenvalue weighted by Gasteiger charge is -2.31. The molecule has 40 heavy (non-hydrogen) atoms. The van der Waals surface area contributed by atoms with Gasteiger partial charge < -0.3 is 19.1 Å². The fourth-order valence-corrected chi connectivity index (χ4v) is 8.06. The van der Waals surface area contributed by atoms with Gasteiger partial charge in [-0.1, -0.05) is 51.9 Å². The average molecular weight is 599 g/mol. The summed E-state index contributed by atoms with van der Waals surface area (Å²) in [6.45, 7) is 2.80. The average Bonchev–Trinajstić information content (AvgIpc) is 3.44. The summed E-state index contributed by atoms with van der Waals surface area (Å²) in [7, 11) is 0. The lowest BCUT2D eigenvalue weighted by Crippen LogP contribution is -2.38. The number of piperidine rings is 1. The fraction of sp³-hybridized carbons (Fsp3) is 0.483. The summed E-state index contributed by atoms with van der Waals surface area (Å²) in [4.78, 5) is 7.53. The van der Waals surface area contributed by atoms with Crippen molar-refractivity contribution in [1.82, 2.24) is 20.0 Å². The standard InChI is InChI=1S/C29H29Cl2N5O3S/c30-20-3-1-4-21(31)28(20)36-22(26(33-34-36)16-7-8-16)15-38-24-12-18-11-17(24)13-35(18)29-32-27-23(5-2-6-25(27)40-29)39-19-9-10-37-14-19/h1-6,16-19,24H,7-15H2/t17-,18-,19+,24+/m0/s1. The zero-order valence-corrected chi connectivity index (χ0v) is 24.2. The molecule has 2 aromatic heterocycles. The van der Waals surface area contributed by atoms with Crippen LogP contribution in [0.2, 0.25) is 10.0 Å². The van der Waals surface area contributed by atoms with E-state index in [1.165, 1.54) is 0 Å². The molecule has 2 bridgehead atoms. The van der Waals surface area contributed by atoms with Crippen LogP contribution in [0.5, 0.6) is 5.75 Å². The van der Waals surface area contributed by atoms with E-state index in [9.17, 15) is 0 Å². The molecular weight excluding hydrogens is 569 g/mol. The Kier molecular flexibility index (Phi) is 6.41. The van der Waals surface area contributed by atoms with Crippen molar-refractivity contribution < 1.29 is 14.2 Å². The molecule has 8 nitrogen and oxygen atoms in total. The van der Waals surface area contributed by atoms with Crippen molar-refractivity contribution in [2.75, 3.05) is 24.7 Å². The minimum Gasteiger partial charge on any atom is -0.486 e. The first-order valence-electron chi connectivity index (χ1n) is 14.0. The third-order valence-corrected chi connectivity index (χ3v) is 10.3. The Morgan fingerprint density at radius 3 is 2.65 bits per heavy atom. The minimum atomic E-state index is 0.109. The molecule has 4 aliphatic rings. The van der Waals surface area contributed by atoms with E-state index in [1.807, 2.05) is 24.3 Å². The number of ether oxygens (including phenoxy) is 3. The molecule has 2 saturated carbocycles. The summed E-state index contributed by atoms with van der Waals surface area (Å²) in [6.07, 6.45) is 5.59. The Bertz CT molecular complexity index is 1550. The largest absolute Gasteiger partial charge is 0.486 e. The highest BCUT2D eigenvalue weighted by Crippen LogP contribution is 2.46. The molecular formula is C29H29Cl2N5O3S. The van der Waals surface area contributed by atoms with Crippen LogP contribution in [0.15, 0.2) is 36.4 Å². The maximum atomic E-state index is 6.62.